The van der Waals surface area contributed by atoms with Gasteiger partial charge in [0, 0.05) is 0 Å². The fourth-order valence-corrected chi connectivity index (χ4v) is 2.35. The molecule has 0 bridgehead atoms. The molecule has 2 rings (SSSR count). The van der Waals surface area contributed by atoms with E-state index >= 15 is 0 Å². The Kier molecular flexibility index (Phi) is 3.25. The molecule has 0 spiro atoms. The summed E-state index contributed by atoms with van der Waals surface area (Å²) in [5.41, 5.74) is 2.14. The molecule has 1 aliphatic rings. The van der Waals surface area contributed by atoms with Gasteiger partial charge in [0.25, 0.3) is 0 Å². The zero-order chi connectivity index (χ0) is 10.6. The first-order chi connectivity index (χ1) is 7.35. The molecule has 0 radical (unpaired) electrons. The highest BCUT2D eigenvalue weighted by Crippen LogP contribution is 2.52. The Morgan fingerprint density at radius 1 is 1.20 bits per heavy atom. The van der Waals surface area contributed by atoms with Crippen molar-refractivity contribution in [3.8, 4) is 0 Å². The van der Waals surface area contributed by atoms with E-state index in [0.29, 0.717) is 5.41 Å². The number of hydrogen-bond acceptors (Lipinski definition) is 0. The summed E-state index contributed by atoms with van der Waals surface area (Å²) in [6.07, 6.45) is 10.1. The van der Waals surface area contributed by atoms with Crippen LogP contribution in [0.5, 0.6) is 0 Å². The fourth-order valence-electron chi connectivity index (χ4n) is 2.35. The van der Waals surface area contributed by atoms with Crippen LogP contribution in [0.1, 0.15) is 37.7 Å². The van der Waals surface area contributed by atoms with Gasteiger partial charge in [0.1, 0.15) is 0 Å². The molecular formula is C15H20. The van der Waals surface area contributed by atoms with Gasteiger partial charge in [-0.3, -0.25) is 0 Å². The Morgan fingerprint density at radius 3 is 2.53 bits per heavy atom. The first-order valence-corrected chi connectivity index (χ1v) is 5.99. The third-order valence-electron chi connectivity index (χ3n) is 3.55. The first kappa shape index (κ1) is 10.5. The van der Waals surface area contributed by atoms with Crippen LogP contribution in [-0.4, -0.2) is 0 Å². The van der Waals surface area contributed by atoms with Crippen LogP contribution in [0, 0.1) is 5.41 Å². The van der Waals surface area contributed by atoms with Crippen LogP contribution < -0.4 is 0 Å². The molecule has 0 nitrogen and oxygen atoms in total. The van der Waals surface area contributed by atoms with Crippen LogP contribution in [0.4, 0.5) is 0 Å². The molecule has 0 heteroatoms. The molecule has 0 N–H and O–H groups in total. The Balaban J connectivity index is 1.73. The van der Waals surface area contributed by atoms with Crippen molar-refractivity contribution in [3.05, 3.63) is 48.6 Å². The van der Waals surface area contributed by atoms with Crippen LogP contribution in [0.2, 0.25) is 0 Å². The van der Waals surface area contributed by atoms with Crippen molar-refractivity contribution < 1.29 is 0 Å². The molecule has 0 heterocycles. The van der Waals surface area contributed by atoms with Crippen LogP contribution in [0.25, 0.3) is 0 Å². The van der Waals surface area contributed by atoms with E-state index in [-0.39, 0.29) is 0 Å². The van der Waals surface area contributed by atoms with E-state index in [2.05, 4.69) is 43.0 Å². The van der Waals surface area contributed by atoms with Gasteiger partial charge in [-0.25, -0.2) is 0 Å². The molecule has 1 aromatic rings. The highest BCUT2D eigenvalue weighted by atomic mass is 14.4. The number of hydrogen-bond donors (Lipinski definition) is 0. The highest BCUT2D eigenvalue weighted by Gasteiger charge is 2.40. The lowest BCUT2D eigenvalue weighted by molar-refractivity contribution is 0.454. The summed E-state index contributed by atoms with van der Waals surface area (Å²) < 4.78 is 0. The van der Waals surface area contributed by atoms with Crippen LogP contribution in [-0.2, 0) is 6.42 Å². The van der Waals surface area contributed by atoms with Gasteiger partial charge >= 0.3 is 0 Å². The minimum absolute atomic E-state index is 0.663. The molecule has 0 amide bonds. The van der Waals surface area contributed by atoms with Crippen LogP contribution in [0.15, 0.2) is 43.0 Å². The number of rotatable bonds is 6. The Morgan fingerprint density at radius 2 is 1.93 bits per heavy atom. The van der Waals surface area contributed by atoms with Gasteiger partial charge in [-0.1, -0.05) is 36.4 Å². The largest absolute Gasteiger partial charge is 0.103 e. The molecule has 1 saturated carbocycles. The summed E-state index contributed by atoms with van der Waals surface area (Å²) >= 11 is 0. The predicted octanol–water partition coefficient (Wildman–Crippen LogP) is 4.37. The standard InChI is InChI=1S/C15H20/c1-2-10-15(12-13-15)11-6-9-14-7-4-3-5-8-14/h2-5,7-8H,1,6,9-13H2. The van der Waals surface area contributed by atoms with Crippen molar-refractivity contribution in [2.24, 2.45) is 5.41 Å². The zero-order valence-electron chi connectivity index (χ0n) is 9.41. The monoisotopic (exact) mass is 200 g/mol. The van der Waals surface area contributed by atoms with Crippen LogP contribution in [0.3, 0.4) is 0 Å². The van der Waals surface area contributed by atoms with E-state index < -0.39 is 0 Å². The number of aryl methyl sites for hydroxylation is 1. The lowest BCUT2D eigenvalue weighted by atomic mass is 9.94. The van der Waals surface area contributed by atoms with Crippen molar-refractivity contribution in [2.75, 3.05) is 0 Å². The Labute approximate surface area is 93.0 Å². The molecule has 0 aromatic heterocycles. The van der Waals surface area contributed by atoms with Gasteiger partial charge in [-0.05, 0) is 49.5 Å². The third kappa shape index (κ3) is 2.95. The third-order valence-corrected chi connectivity index (χ3v) is 3.55. The van der Waals surface area contributed by atoms with Gasteiger partial charge in [0.15, 0.2) is 0 Å². The average Bonchev–Trinajstić information content (AvgIpc) is 3.00. The SMILES string of the molecule is C=CCC1(CCCc2ccccc2)CC1. The maximum atomic E-state index is 3.85. The summed E-state index contributed by atoms with van der Waals surface area (Å²) in [6, 6.07) is 10.8. The predicted molar refractivity (Wildman–Crippen MR) is 65.9 cm³/mol. The second kappa shape index (κ2) is 4.65. The van der Waals surface area contributed by atoms with Gasteiger partial charge in [-0.2, -0.15) is 0 Å². The molecule has 1 fully saturated rings. The summed E-state index contributed by atoms with van der Waals surface area (Å²) in [5, 5.41) is 0. The van der Waals surface area contributed by atoms with Gasteiger partial charge in [-0.15, -0.1) is 6.58 Å². The van der Waals surface area contributed by atoms with E-state index in [9.17, 15) is 0 Å². The van der Waals surface area contributed by atoms with Crippen molar-refractivity contribution in [1.82, 2.24) is 0 Å². The minimum Gasteiger partial charge on any atom is -0.103 e. The lowest BCUT2D eigenvalue weighted by Crippen LogP contribution is -1.99. The molecule has 1 aromatic carbocycles. The van der Waals surface area contributed by atoms with Crippen molar-refractivity contribution in [1.29, 1.82) is 0 Å². The lowest BCUT2D eigenvalue weighted by Gasteiger charge is -2.11. The molecule has 0 atom stereocenters. The van der Waals surface area contributed by atoms with Gasteiger partial charge in [0.05, 0.1) is 0 Å². The highest BCUT2D eigenvalue weighted by molar-refractivity contribution is 5.14. The second-order valence-corrected chi connectivity index (χ2v) is 4.83. The smallest absolute Gasteiger partial charge is 0.0263 e. The maximum Gasteiger partial charge on any atom is -0.0263 e. The molecule has 80 valence electrons. The van der Waals surface area contributed by atoms with E-state index in [4.69, 9.17) is 0 Å². The van der Waals surface area contributed by atoms with Gasteiger partial charge < -0.3 is 0 Å². The van der Waals surface area contributed by atoms with E-state index in [1.165, 1.54) is 44.1 Å². The molecule has 0 aliphatic heterocycles. The summed E-state index contributed by atoms with van der Waals surface area (Å²) in [7, 11) is 0. The number of allylic oxidation sites excluding steroid dienone is 1. The topological polar surface area (TPSA) is 0 Å². The summed E-state index contributed by atoms with van der Waals surface area (Å²) in [6.45, 7) is 3.85. The summed E-state index contributed by atoms with van der Waals surface area (Å²) in [4.78, 5) is 0. The average molecular weight is 200 g/mol. The quantitative estimate of drug-likeness (QED) is 0.598. The van der Waals surface area contributed by atoms with E-state index in [0.717, 1.165) is 0 Å². The minimum atomic E-state index is 0.663. The first-order valence-electron chi connectivity index (χ1n) is 5.99. The number of benzene rings is 1. The summed E-state index contributed by atoms with van der Waals surface area (Å²) in [5.74, 6) is 0. The van der Waals surface area contributed by atoms with Gasteiger partial charge in [0.2, 0.25) is 0 Å². The molecular weight excluding hydrogens is 180 g/mol. The molecule has 1 aliphatic carbocycles. The molecule has 0 unspecified atom stereocenters. The van der Waals surface area contributed by atoms with Crippen LogP contribution >= 0.6 is 0 Å². The maximum absolute atomic E-state index is 3.85. The van der Waals surface area contributed by atoms with Crippen molar-refractivity contribution in [2.45, 2.75) is 38.5 Å². The fraction of sp³-hybridized carbons (Fsp3) is 0.467. The Hall–Kier alpha value is -1.04. The zero-order valence-corrected chi connectivity index (χ0v) is 9.41. The van der Waals surface area contributed by atoms with Crippen molar-refractivity contribution >= 4 is 0 Å². The van der Waals surface area contributed by atoms with Crippen molar-refractivity contribution in [3.63, 3.8) is 0 Å². The second-order valence-electron chi connectivity index (χ2n) is 4.83. The Bertz CT molecular complexity index is 306. The van der Waals surface area contributed by atoms with E-state index in [1.807, 2.05) is 0 Å². The molecule has 0 saturated heterocycles. The molecule has 15 heavy (non-hydrogen) atoms. The van der Waals surface area contributed by atoms with E-state index in [1.54, 1.807) is 0 Å². The normalized spacial score (nSPS) is 17.3.